The average Bonchev–Trinajstić information content (AvgIpc) is 3.53. The van der Waals surface area contributed by atoms with Crippen LogP contribution >= 0.6 is 0 Å². The second kappa shape index (κ2) is 11.1. The van der Waals surface area contributed by atoms with E-state index in [0.717, 1.165) is 62.0 Å². The molecule has 0 bridgehead atoms. The Balaban J connectivity index is 1.25. The van der Waals surface area contributed by atoms with Gasteiger partial charge in [-0.15, -0.1) is 0 Å². The van der Waals surface area contributed by atoms with Crippen molar-refractivity contribution in [1.29, 1.82) is 0 Å². The van der Waals surface area contributed by atoms with E-state index < -0.39 is 0 Å². The van der Waals surface area contributed by atoms with Gasteiger partial charge in [-0.2, -0.15) is 0 Å². The second-order valence-electron chi connectivity index (χ2n) is 12.1. The minimum Gasteiger partial charge on any atom is -0.456 e. The van der Waals surface area contributed by atoms with Crippen LogP contribution in [0.1, 0.15) is 12.5 Å². The van der Waals surface area contributed by atoms with Crippen LogP contribution in [-0.4, -0.2) is 9.97 Å². The minimum atomic E-state index is 0.697. The first-order valence-electron chi connectivity index (χ1n) is 16.1. The first-order valence-corrected chi connectivity index (χ1v) is 16.1. The molecule has 9 rings (SSSR count). The predicted molar refractivity (Wildman–Crippen MR) is 195 cm³/mol. The van der Waals surface area contributed by atoms with Gasteiger partial charge in [-0.1, -0.05) is 115 Å². The molecule has 2 heterocycles. The van der Waals surface area contributed by atoms with Crippen LogP contribution in [0.2, 0.25) is 0 Å². The molecule has 47 heavy (non-hydrogen) atoms. The first kappa shape index (κ1) is 27.3. The van der Waals surface area contributed by atoms with E-state index in [0.29, 0.717) is 5.82 Å². The van der Waals surface area contributed by atoms with Crippen molar-refractivity contribution in [3.63, 3.8) is 0 Å². The van der Waals surface area contributed by atoms with Crippen molar-refractivity contribution in [1.82, 2.24) is 9.97 Å². The first-order chi connectivity index (χ1) is 23.2. The number of fused-ring (bicyclic) bond motifs is 6. The number of benzene rings is 6. The molecular formula is C44H30N2O. The predicted octanol–water partition coefficient (Wildman–Crippen LogP) is 9.89. The Morgan fingerprint density at radius 3 is 2.26 bits per heavy atom. The van der Waals surface area contributed by atoms with Crippen molar-refractivity contribution in [2.24, 2.45) is 0 Å². The fraction of sp³-hybridized carbons (Fsp3) is 0.0455. The molecule has 1 aliphatic rings. The largest absolute Gasteiger partial charge is 0.456 e. The third-order valence-corrected chi connectivity index (χ3v) is 9.27. The van der Waals surface area contributed by atoms with Gasteiger partial charge in [-0.05, 0) is 87.6 Å². The van der Waals surface area contributed by atoms with Crippen LogP contribution in [0, 0.1) is 0 Å². The molecule has 0 N–H and O–H groups in total. The van der Waals surface area contributed by atoms with Gasteiger partial charge >= 0.3 is 0 Å². The van der Waals surface area contributed by atoms with Crippen molar-refractivity contribution >= 4 is 44.9 Å². The fourth-order valence-corrected chi connectivity index (χ4v) is 7.00. The van der Waals surface area contributed by atoms with Gasteiger partial charge in [0.15, 0.2) is 5.82 Å². The Labute approximate surface area is 272 Å². The lowest BCUT2D eigenvalue weighted by molar-refractivity contribution is 0.669. The molecule has 6 aromatic carbocycles. The van der Waals surface area contributed by atoms with Crippen molar-refractivity contribution < 1.29 is 4.42 Å². The van der Waals surface area contributed by atoms with Crippen LogP contribution in [0.5, 0.6) is 0 Å². The summed E-state index contributed by atoms with van der Waals surface area (Å²) in [5, 5.41) is 7.31. The van der Waals surface area contributed by atoms with E-state index in [1.165, 1.54) is 32.3 Å². The summed E-state index contributed by atoms with van der Waals surface area (Å²) in [4.78, 5) is 10.2. The SMILES string of the molecule is C/C=c1/cc(-c2ccc3oc4cccc(-c5cc(-c6ccccc6)nc(-c6ccccc6)n5)c4c3c2)cc2ccc3c(c12)CC=CC=3. The summed E-state index contributed by atoms with van der Waals surface area (Å²) in [6.07, 6.45) is 9.81. The summed E-state index contributed by atoms with van der Waals surface area (Å²) in [5.74, 6) is 0.697. The summed E-state index contributed by atoms with van der Waals surface area (Å²) in [6.45, 7) is 2.13. The number of nitrogens with zero attached hydrogens (tertiary/aromatic N) is 2. The minimum absolute atomic E-state index is 0.697. The zero-order valence-corrected chi connectivity index (χ0v) is 25.9. The van der Waals surface area contributed by atoms with Crippen LogP contribution in [-0.2, 0) is 6.42 Å². The highest BCUT2D eigenvalue weighted by molar-refractivity contribution is 6.13. The van der Waals surface area contributed by atoms with Crippen LogP contribution in [0.25, 0.3) is 89.9 Å². The van der Waals surface area contributed by atoms with E-state index in [1.54, 1.807) is 0 Å². The van der Waals surface area contributed by atoms with Gasteiger partial charge < -0.3 is 4.42 Å². The fourth-order valence-electron chi connectivity index (χ4n) is 7.00. The highest BCUT2D eigenvalue weighted by Gasteiger charge is 2.17. The second-order valence-corrected chi connectivity index (χ2v) is 12.1. The molecule has 3 nitrogen and oxygen atoms in total. The third kappa shape index (κ3) is 4.67. The molecule has 1 aliphatic carbocycles. The molecule has 0 saturated carbocycles. The monoisotopic (exact) mass is 602 g/mol. The Morgan fingerprint density at radius 1 is 0.617 bits per heavy atom. The van der Waals surface area contributed by atoms with E-state index in [2.05, 4.69) is 110 Å². The maximum absolute atomic E-state index is 6.45. The lowest BCUT2D eigenvalue weighted by atomic mass is 9.92. The van der Waals surface area contributed by atoms with Gasteiger partial charge in [0.05, 0.1) is 11.4 Å². The smallest absolute Gasteiger partial charge is 0.160 e. The zero-order valence-electron chi connectivity index (χ0n) is 25.9. The number of hydrogen-bond donors (Lipinski definition) is 0. The topological polar surface area (TPSA) is 38.9 Å². The standard InChI is InChI=1S/C44H30N2O/c1-2-28-24-34(25-33-21-20-29-12-9-10-17-35(29)42(28)33)32-22-23-40-37(26-32)43-36(18-11-19-41(43)47-40)39-27-38(30-13-5-3-6-14-30)45-44(46-39)31-15-7-4-8-16-31/h2-16,18-27H,17H2,1H3/b28-2-. The zero-order chi connectivity index (χ0) is 31.3. The average molecular weight is 603 g/mol. The third-order valence-electron chi connectivity index (χ3n) is 9.27. The molecule has 0 aliphatic heterocycles. The van der Waals surface area contributed by atoms with Crippen molar-refractivity contribution in [2.45, 2.75) is 13.3 Å². The molecule has 0 radical (unpaired) electrons. The molecule has 2 aromatic heterocycles. The van der Waals surface area contributed by atoms with Crippen LogP contribution in [0.4, 0.5) is 0 Å². The van der Waals surface area contributed by atoms with Crippen LogP contribution < -0.4 is 10.4 Å². The number of allylic oxidation sites excluding steroid dienone is 2. The highest BCUT2D eigenvalue weighted by atomic mass is 16.3. The summed E-state index contributed by atoms with van der Waals surface area (Å²) in [5.41, 5.74) is 10.2. The van der Waals surface area contributed by atoms with Crippen molar-refractivity contribution in [3.05, 3.63) is 156 Å². The van der Waals surface area contributed by atoms with Crippen molar-refractivity contribution in [2.75, 3.05) is 0 Å². The molecule has 0 spiro atoms. The number of rotatable bonds is 4. The van der Waals surface area contributed by atoms with E-state index >= 15 is 0 Å². The molecular weight excluding hydrogens is 572 g/mol. The number of hydrogen-bond acceptors (Lipinski definition) is 3. The van der Waals surface area contributed by atoms with E-state index in [-0.39, 0.29) is 0 Å². The van der Waals surface area contributed by atoms with Crippen LogP contribution in [0.3, 0.4) is 0 Å². The normalized spacial score (nSPS) is 12.9. The van der Waals surface area contributed by atoms with E-state index in [9.17, 15) is 0 Å². The van der Waals surface area contributed by atoms with Gasteiger partial charge in [-0.25, -0.2) is 9.97 Å². The Hall–Kier alpha value is -6.06. The lowest BCUT2D eigenvalue weighted by Crippen LogP contribution is -2.16. The number of furan rings is 1. The van der Waals surface area contributed by atoms with E-state index in [1.807, 2.05) is 48.5 Å². The Bertz CT molecular complexity index is 2590. The highest BCUT2D eigenvalue weighted by Crippen LogP contribution is 2.39. The summed E-state index contributed by atoms with van der Waals surface area (Å²) >= 11 is 0. The molecule has 222 valence electrons. The number of aromatic nitrogens is 2. The molecule has 0 atom stereocenters. The molecule has 0 fully saturated rings. The molecule has 0 amide bonds. The molecule has 3 heteroatoms. The van der Waals surface area contributed by atoms with E-state index in [4.69, 9.17) is 14.4 Å². The van der Waals surface area contributed by atoms with Gasteiger partial charge in [0.2, 0.25) is 0 Å². The maximum atomic E-state index is 6.45. The summed E-state index contributed by atoms with van der Waals surface area (Å²) in [7, 11) is 0. The molecule has 0 unspecified atom stereocenters. The van der Waals surface area contributed by atoms with Gasteiger partial charge in [-0.3, -0.25) is 0 Å². The van der Waals surface area contributed by atoms with Gasteiger partial charge in [0.1, 0.15) is 11.2 Å². The van der Waals surface area contributed by atoms with Gasteiger partial charge in [0.25, 0.3) is 0 Å². The maximum Gasteiger partial charge on any atom is 0.160 e. The molecule has 0 saturated heterocycles. The van der Waals surface area contributed by atoms with Crippen molar-refractivity contribution in [3.8, 4) is 45.0 Å². The molecule has 8 aromatic rings. The lowest BCUT2D eigenvalue weighted by Gasteiger charge is -2.12. The summed E-state index contributed by atoms with van der Waals surface area (Å²) < 4.78 is 6.45. The summed E-state index contributed by atoms with van der Waals surface area (Å²) in [6, 6.07) is 44.5. The van der Waals surface area contributed by atoms with Crippen LogP contribution in [0.15, 0.2) is 144 Å². The Kier molecular flexibility index (Phi) is 6.43. The quantitative estimate of drug-likeness (QED) is 0.201. The Morgan fingerprint density at radius 2 is 1.43 bits per heavy atom. The van der Waals surface area contributed by atoms with Gasteiger partial charge in [0, 0.05) is 27.5 Å².